The van der Waals surface area contributed by atoms with E-state index in [0.29, 0.717) is 26.1 Å². The zero-order chi connectivity index (χ0) is 15.9. The second kappa shape index (κ2) is 7.98. The first-order valence-corrected chi connectivity index (χ1v) is 7.15. The first kappa shape index (κ1) is 17.4. The summed E-state index contributed by atoms with van der Waals surface area (Å²) in [5.74, 6) is 0.632. The first-order valence-electron chi connectivity index (χ1n) is 7.15. The Balaban J connectivity index is 2.79. The van der Waals surface area contributed by atoms with Crippen LogP contribution in [0.2, 0.25) is 0 Å². The molecule has 1 heterocycles. The highest BCUT2D eigenvalue weighted by Crippen LogP contribution is 2.23. The van der Waals surface area contributed by atoms with Gasteiger partial charge in [-0.05, 0) is 17.0 Å². The minimum atomic E-state index is -0.219. The van der Waals surface area contributed by atoms with Crippen LogP contribution < -0.4 is 4.90 Å². The molecule has 0 N–H and O–H groups in total. The van der Waals surface area contributed by atoms with E-state index in [9.17, 15) is 4.79 Å². The molecule has 0 fully saturated rings. The Bertz CT molecular complexity index is 438. The van der Waals surface area contributed by atoms with E-state index in [1.165, 1.54) is 12.7 Å². The second-order valence-electron chi connectivity index (χ2n) is 5.96. The summed E-state index contributed by atoms with van der Waals surface area (Å²) in [6.45, 7) is 8.31. The summed E-state index contributed by atoms with van der Waals surface area (Å²) in [7, 11) is 3.06. The van der Waals surface area contributed by atoms with Gasteiger partial charge in [0.25, 0.3) is 0 Å². The lowest BCUT2D eigenvalue weighted by Crippen LogP contribution is -2.30. The van der Waals surface area contributed by atoms with Gasteiger partial charge >= 0.3 is 5.97 Å². The maximum absolute atomic E-state index is 11.3. The average Bonchev–Trinajstić information content (AvgIpc) is 2.46. The van der Waals surface area contributed by atoms with Gasteiger partial charge < -0.3 is 14.4 Å². The Kier molecular flexibility index (Phi) is 6.62. The van der Waals surface area contributed by atoms with E-state index in [-0.39, 0.29) is 11.4 Å². The number of anilines is 1. The zero-order valence-corrected chi connectivity index (χ0v) is 13.7. The minimum Gasteiger partial charge on any atom is -0.469 e. The summed E-state index contributed by atoms with van der Waals surface area (Å²) in [4.78, 5) is 17.9. The van der Waals surface area contributed by atoms with Gasteiger partial charge in [-0.25, -0.2) is 4.98 Å². The molecule has 0 aliphatic rings. The molecule has 0 aliphatic heterocycles. The molecule has 118 valence electrons. The van der Waals surface area contributed by atoms with Gasteiger partial charge in [0.2, 0.25) is 0 Å². The molecule has 0 atom stereocenters. The summed E-state index contributed by atoms with van der Waals surface area (Å²) < 4.78 is 9.81. The Morgan fingerprint density at radius 3 is 2.43 bits per heavy atom. The Labute approximate surface area is 127 Å². The number of esters is 1. The van der Waals surface area contributed by atoms with Crippen molar-refractivity contribution in [2.75, 3.05) is 38.8 Å². The molecule has 1 rings (SSSR count). The maximum Gasteiger partial charge on any atom is 0.307 e. The van der Waals surface area contributed by atoms with Crippen molar-refractivity contribution in [3.8, 4) is 0 Å². The van der Waals surface area contributed by atoms with Crippen LogP contribution >= 0.6 is 0 Å². The molecule has 5 heteroatoms. The van der Waals surface area contributed by atoms with Crippen molar-refractivity contribution >= 4 is 11.8 Å². The highest BCUT2D eigenvalue weighted by atomic mass is 16.5. The van der Waals surface area contributed by atoms with Gasteiger partial charge in [-0.1, -0.05) is 26.8 Å². The summed E-state index contributed by atoms with van der Waals surface area (Å²) in [5, 5.41) is 0. The quantitative estimate of drug-likeness (QED) is 0.723. The fraction of sp³-hybridized carbons (Fsp3) is 0.625. The van der Waals surface area contributed by atoms with Gasteiger partial charge in [0.15, 0.2) is 0 Å². The number of nitrogens with zero attached hydrogens (tertiary/aromatic N) is 2. The van der Waals surface area contributed by atoms with Crippen molar-refractivity contribution in [3.05, 3.63) is 23.9 Å². The maximum atomic E-state index is 11.3. The Morgan fingerprint density at radius 2 is 1.95 bits per heavy atom. The monoisotopic (exact) mass is 294 g/mol. The van der Waals surface area contributed by atoms with E-state index >= 15 is 0 Å². The molecule has 0 bridgehead atoms. The van der Waals surface area contributed by atoms with Crippen molar-refractivity contribution in [1.29, 1.82) is 0 Å². The standard InChI is InChI=1S/C16H26N2O3/c1-16(2,3)13-6-7-14(17-12-13)18(10-11-20-4)9-8-15(19)21-5/h6-7,12H,8-11H2,1-5H3. The topological polar surface area (TPSA) is 51.7 Å². The summed E-state index contributed by atoms with van der Waals surface area (Å²) in [6.07, 6.45) is 2.23. The molecule has 0 aliphatic carbocycles. The fourth-order valence-corrected chi connectivity index (χ4v) is 1.89. The van der Waals surface area contributed by atoms with Crippen LogP contribution in [0.25, 0.3) is 0 Å². The van der Waals surface area contributed by atoms with Crippen LogP contribution in [0.3, 0.4) is 0 Å². The molecule has 0 radical (unpaired) electrons. The van der Waals surface area contributed by atoms with Gasteiger partial charge in [-0.15, -0.1) is 0 Å². The highest BCUT2D eigenvalue weighted by molar-refractivity contribution is 5.69. The Hall–Kier alpha value is -1.62. The lowest BCUT2D eigenvalue weighted by molar-refractivity contribution is -0.140. The van der Waals surface area contributed by atoms with Crippen LogP contribution in [-0.4, -0.2) is 44.9 Å². The van der Waals surface area contributed by atoms with Crippen molar-refractivity contribution in [2.24, 2.45) is 0 Å². The van der Waals surface area contributed by atoms with Crippen molar-refractivity contribution in [2.45, 2.75) is 32.6 Å². The number of aromatic nitrogens is 1. The molecule has 1 aromatic rings. The van der Waals surface area contributed by atoms with Gasteiger partial charge in [-0.2, -0.15) is 0 Å². The number of hydrogen-bond donors (Lipinski definition) is 0. The van der Waals surface area contributed by atoms with Crippen molar-refractivity contribution in [1.82, 2.24) is 4.98 Å². The van der Waals surface area contributed by atoms with Gasteiger partial charge in [0.05, 0.1) is 20.1 Å². The smallest absolute Gasteiger partial charge is 0.307 e. The molecule has 0 spiro atoms. The third kappa shape index (κ3) is 5.71. The van der Waals surface area contributed by atoms with Gasteiger partial charge in [0, 0.05) is 26.4 Å². The van der Waals surface area contributed by atoms with Crippen LogP contribution in [0.4, 0.5) is 5.82 Å². The molecular formula is C16H26N2O3. The predicted molar refractivity (Wildman–Crippen MR) is 83.7 cm³/mol. The largest absolute Gasteiger partial charge is 0.469 e. The van der Waals surface area contributed by atoms with E-state index in [1.54, 1.807) is 7.11 Å². The number of hydrogen-bond acceptors (Lipinski definition) is 5. The molecule has 0 aromatic carbocycles. The number of pyridine rings is 1. The van der Waals surface area contributed by atoms with E-state index in [0.717, 1.165) is 5.82 Å². The van der Waals surface area contributed by atoms with E-state index in [4.69, 9.17) is 4.74 Å². The zero-order valence-electron chi connectivity index (χ0n) is 13.7. The Morgan fingerprint density at radius 1 is 1.24 bits per heavy atom. The summed E-state index contributed by atoms with van der Waals surface area (Å²) in [5.41, 5.74) is 1.26. The highest BCUT2D eigenvalue weighted by Gasteiger charge is 2.15. The summed E-state index contributed by atoms with van der Waals surface area (Å²) in [6, 6.07) is 4.08. The lowest BCUT2D eigenvalue weighted by Gasteiger charge is -2.24. The lowest BCUT2D eigenvalue weighted by atomic mass is 9.88. The summed E-state index contributed by atoms with van der Waals surface area (Å²) >= 11 is 0. The van der Waals surface area contributed by atoms with Gasteiger partial charge in [-0.3, -0.25) is 4.79 Å². The third-order valence-electron chi connectivity index (χ3n) is 3.32. The van der Waals surface area contributed by atoms with Crippen molar-refractivity contribution in [3.63, 3.8) is 0 Å². The van der Waals surface area contributed by atoms with Gasteiger partial charge in [0.1, 0.15) is 5.82 Å². The molecular weight excluding hydrogens is 268 g/mol. The molecule has 0 saturated carbocycles. The number of carbonyl (C=O) groups is 1. The van der Waals surface area contributed by atoms with E-state index in [2.05, 4.69) is 36.6 Å². The number of methoxy groups -OCH3 is 2. The SMILES string of the molecule is COCCN(CCC(=O)OC)c1ccc(C(C)(C)C)cn1. The molecule has 5 nitrogen and oxygen atoms in total. The molecule has 0 unspecified atom stereocenters. The molecule has 0 saturated heterocycles. The molecule has 1 aromatic heterocycles. The molecule has 0 amide bonds. The predicted octanol–water partition coefficient (Wildman–Crippen LogP) is 2.40. The van der Waals surface area contributed by atoms with Crippen LogP contribution in [0.15, 0.2) is 18.3 Å². The minimum absolute atomic E-state index is 0.0783. The van der Waals surface area contributed by atoms with Crippen LogP contribution in [0.1, 0.15) is 32.8 Å². The van der Waals surface area contributed by atoms with E-state index < -0.39 is 0 Å². The third-order valence-corrected chi connectivity index (χ3v) is 3.32. The number of ether oxygens (including phenoxy) is 2. The number of rotatable bonds is 7. The van der Waals surface area contributed by atoms with Crippen LogP contribution in [-0.2, 0) is 19.7 Å². The normalized spacial score (nSPS) is 11.3. The first-order chi connectivity index (χ1) is 9.88. The fourth-order valence-electron chi connectivity index (χ4n) is 1.89. The average molecular weight is 294 g/mol. The number of carbonyl (C=O) groups excluding carboxylic acids is 1. The molecule has 21 heavy (non-hydrogen) atoms. The van der Waals surface area contributed by atoms with Crippen LogP contribution in [0, 0.1) is 0 Å². The second-order valence-corrected chi connectivity index (χ2v) is 5.96. The van der Waals surface area contributed by atoms with Crippen molar-refractivity contribution < 1.29 is 14.3 Å². The van der Waals surface area contributed by atoms with E-state index in [1.807, 2.05) is 17.2 Å². The van der Waals surface area contributed by atoms with Crippen LogP contribution in [0.5, 0.6) is 0 Å².